The Labute approximate surface area is 71.1 Å². The lowest BCUT2D eigenvalue weighted by molar-refractivity contribution is 0.261. The van der Waals surface area contributed by atoms with Gasteiger partial charge in [0.25, 0.3) is 0 Å². The molecule has 1 fully saturated rings. The van der Waals surface area contributed by atoms with Crippen molar-refractivity contribution in [2.45, 2.75) is 19.0 Å². The van der Waals surface area contributed by atoms with E-state index in [2.05, 4.69) is 0 Å². The Balaban J connectivity index is 2.73. The molecule has 0 spiro atoms. The van der Waals surface area contributed by atoms with Crippen molar-refractivity contribution in [2.75, 3.05) is 11.5 Å². The van der Waals surface area contributed by atoms with Crippen LogP contribution in [-0.4, -0.2) is 26.1 Å². The zero-order chi connectivity index (χ0) is 9.19. The maximum Gasteiger partial charge on any atom is 0.150 e. The number of alkyl halides is 1. The second kappa shape index (κ2) is 3.40. The molecule has 5 heteroatoms. The van der Waals surface area contributed by atoms with Gasteiger partial charge in [-0.1, -0.05) is 0 Å². The van der Waals surface area contributed by atoms with Gasteiger partial charge < -0.3 is 0 Å². The Kier molecular flexibility index (Phi) is 2.68. The Morgan fingerprint density at radius 3 is 2.50 bits per heavy atom. The van der Waals surface area contributed by atoms with E-state index in [1.165, 1.54) is 0 Å². The number of hydrogen-bond donors (Lipinski definition) is 0. The van der Waals surface area contributed by atoms with Crippen LogP contribution in [0.5, 0.6) is 0 Å². The van der Waals surface area contributed by atoms with Crippen LogP contribution in [0.3, 0.4) is 0 Å². The molecule has 0 bridgehead atoms. The van der Waals surface area contributed by atoms with Crippen LogP contribution in [0.15, 0.2) is 0 Å². The largest absolute Gasteiger partial charge is 0.246 e. The molecule has 1 aliphatic rings. The highest BCUT2D eigenvalue weighted by Gasteiger charge is 2.28. The Bertz CT molecular complexity index is 293. The maximum absolute atomic E-state index is 13.0. The summed E-state index contributed by atoms with van der Waals surface area (Å²) in [5.74, 6) is -0.903. The van der Waals surface area contributed by atoms with Crippen LogP contribution in [0.2, 0.25) is 0 Å². The lowest BCUT2D eigenvalue weighted by Crippen LogP contribution is -2.12. The van der Waals surface area contributed by atoms with Crippen LogP contribution in [-0.2, 0) is 9.84 Å². The number of halogens is 1. The standard InChI is InChI=1S/C7H10FNO2S/c8-7-2-4-12(10,11)3-1-6(7)5-9/h6-7H,1-4H2. The number of hydrogen-bond acceptors (Lipinski definition) is 3. The van der Waals surface area contributed by atoms with Crippen molar-refractivity contribution >= 4 is 9.84 Å². The molecule has 1 aliphatic heterocycles. The molecule has 3 nitrogen and oxygen atoms in total. The minimum atomic E-state index is -3.09. The van der Waals surface area contributed by atoms with E-state index in [0.29, 0.717) is 0 Å². The van der Waals surface area contributed by atoms with Crippen molar-refractivity contribution < 1.29 is 12.8 Å². The second-order valence-electron chi connectivity index (χ2n) is 2.98. The third kappa shape index (κ3) is 2.18. The van der Waals surface area contributed by atoms with Crippen LogP contribution in [0.1, 0.15) is 12.8 Å². The van der Waals surface area contributed by atoms with Crippen molar-refractivity contribution in [1.29, 1.82) is 5.26 Å². The predicted octanol–water partition coefficient (Wildman–Crippen LogP) is 0.673. The summed E-state index contributed by atoms with van der Waals surface area (Å²) in [6.45, 7) is 0. The summed E-state index contributed by atoms with van der Waals surface area (Å²) in [6, 6.07) is 1.79. The van der Waals surface area contributed by atoms with Gasteiger partial charge in [0, 0.05) is 0 Å². The topological polar surface area (TPSA) is 57.9 Å². The third-order valence-corrected chi connectivity index (χ3v) is 3.76. The normalized spacial score (nSPS) is 35.0. The summed E-state index contributed by atoms with van der Waals surface area (Å²) in [5.41, 5.74) is 0. The van der Waals surface area contributed by atoms with Gasteiger partial charge in [0.15, 0.2) is 0 Å². The van der Waals surface area contributed by atoms with Gasteiger partial charge in [-0.3, -0.25) is 0 Å². The monoisotopic (exact) mass is 191 g/mol. The first-order chi connectivity index (χ1) is 5.55. The van der Waals surface area contributed by atoms with Crippen molar-refractivity contribution in [3.8, 4) is 6.07 Å². The van der Waals surface area contributed by atoms with E-state index >= 15 is 0 Å². The van der Waals surface area contributed by atoms with E-state index in [4.69, 9.17) is 5.26 Å². The van der Waals surface area contributed by atoms with Gasteiger partial charge in [0.05, 0.1) is 23.5 Å². The summed E-state index contributed by atoms with van der Waals surface area (Å²) in [5, 5.41) is 8.47. The Morgan fingerprint density at radius 2 is 1.92 bits per heavy atom. The second-order valence-corrected chi connectivity index (χ2v) is 5.28. The molecule has 2 atom stereocenters. The zero-order valence-electron chi connectivity index (χ0n) is 6.53. The van der Waals surface area contributed by atoms with Crippen molar-refractivity contribution in [3.05, 3.63) is 0 Å². The first-order valence-electron chi connectivity index (χ1n) is 3.79. The molecule has 2 unspecified atom stereocenters. The molecule has 0 aliphatic carbocycles. The van der Waals surface area contributed by atoms with Crippen molar-refractivity contribution in [2.24, 2.45) is 5.92 Å². The number of nitriles is 1. The molecule has 68 valence electrons. The maximum atomic E-state index is 13.0. The fourth-order valence-corrected chi connectivity index (χ4v) is 2.63. The van der Waals surface area contributed by atoms with Crippen molar-refractivity contribution in [1.82, 2.24) is 0 Å². The molecule has 1 rings (SSSR count). The molecule has 0 amide bonds. The van der Waals surface area contributed by atoms with E-state index in [1.807, 2.05) is 0 Å². The van der Waals surface area contributed by atoms with E-state index in [-0.39, 0.29) is 24.3 Å². The van der Waals surface area contributed by atoms with E-state index < -0.39 is 21.9 Å². The van der Waals surface area contributed by atoms with Gasteiger partial charge in [-0.15, -0.1) is 0 Å². The average Bonchev–Trinajstić information content (AvgIpc) is 2.13. The highest BCUT2D eigenvalue weighted by atomic mass is 32.2. The lowest BCUT2D eigenvalue weighted by Gasteiger charge is -2.06. The predicted molar refractivity (Wildman–Crippen MR) is 41.9 cm³/mol. The quantitative estimate of drug-likeness (QED) is 0.565. The lowest BCUT2D eigenvalue weighted by atomic mass is 10.0. The Hall–Kier alpha value is -0.630. The van der Waals surface area contributed by atoms with Crippen molar-refractivity contribution in [3.63, 3.8) is 0 Å². The molecular formula is C7H10FNO2S. The molecule has 1 heterocycles. The molecule has 0 aromatic rings. The van der Waals surface area contributed by atoms with E-state index in [9.17, 15) is 12.8 Å². The summed E-state index contributed by atoms with van der Waals surface area (Å²) in [7, 11) is -3.09. The van der Waals surface area contributed by atoms with Gasteiger partial charge in [-0.05, 0) is 12.8 Å². The zero-order valence-corrected chi connectivity index (χ0v) is 7.35. The highest BCUT2D eigenvalue weighted by molar-refractivity contribution is 7.91. The Morgan fingerprint density at radius 1 is 1.33 bits per heavy atom. The number of nitrogens with zero attached hydrogens (tertiary/aromatic N) is 1. The number of rotatable bonds is 0. The van der Waals surface area contributed by atoms with Crippen LogP contribution < -0.4 is 0 Å². The van der Waals surface area contributed by atoms with E-state index in [1.54, 1.807) is 6.07 Å². The SMILES string of the molecule is N#CC1CCS(=O)(=O)CCC1F. The summed E-state index contributed by atoms with van der Waals surface area (Å²) in [6.07, 6.45) is -1.16. The molecule has 0 radical (unpaired) electrons. The highest BCUT2D eigenvalue weighted by Crippen LogP contribution is 2.21. The molecule has 0 aromatic heterocycles. The van der Waals surface area contributed by atoms with E-state index in [0.717, 1.165) is 0 Å². The fraction of sp³-hybridized carbons (Fsp3) is 0.857. The molecular weight excluding hydrogens is 181 g/mol. The van der Waals surface area contributed by atoms with Crippen LogP contribution in [0.25, 0.3) is 0 Å². The third-order valence-electron chi connectivity index (χ3n) is 2.05. The number of sulfone groups is 1. The van der Waals surface area contributed by atoms with Gasteiger partial charge in [0.2, 0.25) is 0 Å². The smallest absolute Gasteiger partial charge is 0.150 e. The van der Waals surface area contributed by atoms with Crippen LogP contribution in [0, 0.1) is 17.2 Å². The van der Waals surface area contributed by atoms with Crippen LogP contribution >= 0.6 is 0 Å². The fourth-order valence-electron chi connectivity index (χ4n) is 1.23. The van der Waals surface area contributed by atoms with Gasteiger partial charge in [0.1, 0.15) is 16.0 Å². The first-order valence-corrected chi connectivity index (χ1v) is 5.61. The first kappa shape index (κ1) is 9.46. The minimum absolute atomic E-state index is 0.0272. The minimum Gasteiger partial charge on any atom is -0.246 e. The van der Waals surface area contributed by atoms with Crippen LogP contribution in [0.4, 0.5) is 4.39 Å². The molecule has 0 N–H and O–H groups in total. The van der Waals surface area contributed by atoms with Gasteiger partial charge >= 0.3 is 0 Å². The summed E-state index contributed by atoms with van der Waals surface area (Å²) >= 11 is 0. The molecule has 0 aromatic carbocycles. The summed E-state index contributed by atoms with van der Waals surface area (Å²) in [4.78, 5) is 0. The molecule has 1 saturated heterocycles. The summed E-state index contributed by atoms with van der Waals surface area (Å²) < 4.78 is 35.0. The van der Waals surface area contributed by atoms with Gasteiger partial charge in [-0.2, -0.15) is 5.26 Å². The molecule has 0 saturated carbocycles. The molecule has 12 heavy (non-hydrogen) atoms. The van der Waals surface area contributed by atoms with Gasteiger partial charge in [-0.25, -0.2) is 12.8 Å². The average molecular weight is 191 g/mol.